The maximum Gasteiger partial charge on any atom is 0.321 e. The average molecular weight is 391 g/mol. The molecule has 2 saturated heterocycles. The molecule has 1 spiro atoms. The predicted octanol–water partition coefficient (Wildman–Crippen LogP) is 1.96. The van der Waals surface area contributed by atoms with Gasteiger partial charge in [0.1, 0.15) is 5.75 Å². The van der Waals surface area contributed by atoms with Crippen LogP contribution in [-0.4, -0.2) is 81.0 Å². The van der Waals surface area contributed by atoms with Gasteiger partial charge in [0.2, 0.25) is 5.91 Å². The first kappa shape index (κ1) is 20.4. The van der Waals surface area contributed by atoms with Gasteiger partial charge in [0.15, 0.2) is 0 Å². The van der Waals surface area contributed by atoms with Crippen LogP contribution in [0.15, 0.2) is 24.3 Å². The number of hydrogen-bond acceptors (Lipinski definition) is 5. The Morgan fingerprint density at radius 1 is 1.36 bits per heavy atom. The van der Waals surface area contributed by atoms with E-state index in [-0.39, 0.29) is 11.9 Å². The highest BCUT2D eigenvalue weighted by atomic mass is 16.5. The number of carbonyl (C=O) groups is 2. The number of benzene rings is 1. The summed E-state index contributed by atoms with van der Waals surface area (Å²) in [5, 5.41) is 2.92. The molecule has 1 aromatic rings. The minimum Gasteiger partial charge on any atom is -0.497 e. The zero-order chi connectivity index (χ0) is 20.0. The quantitative estimate of drug-likeness (QED) is 0.750. The first-order valence-corrected chi connectivity index (χ1v) is 9.65. The standard InChI is InChI=1S/C20H29N3O5/c1-26-11-4-9-23-18(24)7-10-22(14-20(23)8-12-28-15-20)19(25)21-16-5-3-6-17(13-16)27-2/h3,5-6,13H,4,7-12,14-15H2,1-2H3,(H,21,25). The minimum absolute atomic E-state index is 0.0679. The van der Waals surface area contributed by atoms with Crippen LogP contribution >= 0.6 is 0 Å². The second kappa shape index (κ2) is 9.25. The van der Waals surface area contributed by atoms with E-state index in [1.54, 1.807) is 25.2 Å². The van der Waals surface area contributed by atoms with Crippen LogP contribution in [0.1, 0.15) is 19.3 Å². The second-order valence-corrected chi connectivity index (χ2v) is 7.25. The van der Waals surface area contributed by atoms with Gasteiger partial charge in [-0.3, -0.25) is 4.79 Å². The number of amides is 3. The van der Waals surface area contributed by atoms with Crippen LogP contribution in [0.2, 0.25) is 0 Å². The van der Waals surface area contributed by atoms with Crippen molar-refractivity contribution >= 4 is 17.6 Å². The summed E-state index contributed by atoms with van der Waals surface area (Å²) in [4.78, 5) is 29.4. The largest absolute Gasteiger partial charge is 0.497 e. The molecule has 3 amide bonds. The van der Waals surface area contributed by atoms with E-state index >= 15 is 0 Å². The van der Waals surface area contributed by atoms with Crippen molar-refractivity contribution in [3.05, 3.63) is 24.3 Å². The van der Waals surface area contributed by atoms with Crippen molar-refractivity contribution in [2.45, 2.75) is 24.8 Å². The number of nitrogens with zero attached hydrogens (tertiary/aromatic N) is 2. The lowest BCUT2D eigenvalue weighted by Crippen LogP contribution is -2.57. The van der Waals surface area contributed by atoms with Crippen molar-refractivity contribution < 1.29 is 23.8 Å². The van der Waals surface area contributed by atoms with Gasteiger partial charge in [0.05, 0.1) is 19.3 Å². The van der Waals surface area contributed by atoms with Gasteiger partial charge in [-0.05, 0) is 25.0 Å². The van der Waals surface area contributed by atoms with E-state index in [9.17, 15) is 9.59 Å². The van der Waals surface area contributed by atoms with E-state index in [0.29, 0.717) is 57.3 Å². The Hall–Kier alpha value is -2.32. The average Bonchev–Trinajstić information content (AvgIpc) is 3.12. The molecule has 8 heteroatoms. The monoisotopic (exact) mass is 391 g/mol. The molecule has 0 aliphatic carbocycles. The van der Waals surface area contributed by atoms with Gasteiger partial charge in [-0.1, -0.05) is 6.07 Å². The molecular formula is C20H29N3O5. The maximum atomic E-state index is 12.9. The molecule has 2 fully saturated rings. The molecule has 28 heavy (non-hydrogen) atoms. The van der Waals surface area contributed by atoms with Crippen LogP contribution in [0.25, 0.3) is 0 Å². The lowest BCUT2D eigenvalue weighted by molar-refractivity contribution is -0.136. The molecule has 0 saturated carbocycles. The number of urea groups is 1. The summed E-state index contributed by atoms with van der Waals surface area (Å²) in [7, 11) is 3.24. The minimum atomic E-state index is -0.465. The van der Waals surface area contributed by atoms with E-state index in [1.807, 2.05) is 23.1 Å². The molecule has 1 N–H and O–H groups in total. The van der Waals surface area contributed by atoms with E-state index in [2.05, 4.69) is 5.32 Å². The fourth-order valence-corrected chi connectivity index (χ4v) is 3.89. The summed E-state index contributed by atoms with van der Waals surface area (Å²) >= 11 is 0. The Morgan fingerprint density at radius 2 is 2.21 bits per heavy atom. The van der Waals surface area contributed by atoms with E-state index in [0.717, 1.165) is 12.8 Å². The molecule has 154 valence electrons. The van der Waals surface area contributed by atoms with Gasteiger partial charge in [-0.2, -0.15) is 0 Å². The van der Waals surface area contributed by atoms with Gasteiger partial charge in [0, 0.05) is 58.1 Å². The fourth-order valence-electron chi connectivity index (χ4n) is 3.89. The zero-order valence-electron chi connectivity index (χ0n) is 16.6. The van der Waals surface area contributed by atoms with Gasteiger partial charge in [-0.25, -0.2) is 4.79 Å². The number of nitrogens with one attached hydrogen (secondary N) is 1. The Kier molecular flexibility index (Phi) is 6.74. The summed E-state index contributed by atoms with van der Waals surface area (Å²) in [5.41, 5.74) is 0.196. The summed E-state index contributed by atoms with van der Waals surface area (Å²) in [6.07, 6.45) is 1.80. The number of carbonyl (C=O) groups excluding carboxylic acids is 2. The Balaban J connectivity index is 1.74. The third-order valence-corrected chi connectivity index (χ3v) is 5.38. The SMILES string of the molecule is COCCCN1C(=O)CCN(C(=O)Nc2cccc(OC)c2)CC12CCOC2. The van der Waals surface area contributed by atoms with Gasteiger partial charge >= 0.3 is 6.03 Å². The molecule has 8 nitrogen and oxygen atoms in total. The third kappa shape index (κ3) is 4.56. The molecule has 0 bridgehead atoms. The number of methoxy groups -OCH3 is 2. The lowest BCUT2D eigenvalue weighted by Gasteiger charge is -2.40. The van der Waals surface area contributed by atoms with Crippen molar-refractivity contribution in [1.82, 2.24) is 9.80 Å². The number of rotatable bonds is 6. The highest BCUT2D eigenvalue weighted by Crippen LogP contribution is 2.31. The zero-order valence-corrected chi connectivity index (χ0v) is 16.6. The topological polar surface area (TPSA) is 80.3 Å². The van der Waals surface area contributed by atoms with Crippen molar-refractivity contribution in [3.8, 4) is 5.75 Å². The molecule has 2 heterocycles. The number of anilines is 1. The Bertz CT molecular complexity index is 690. The predicted molar refractivity (Wildman–Crippen MR) is 105 cm³/mol. The molecule has 1 unspecified atom stereocenters. The first-order chi connectivity index (χ1) is 13.6. The van der Waals surface area contributed by atoms with Crippen LogP contribution in [-0.2, 0) is 14.3 Å². The van der Waals surface area contributed by atoms with Crippen LogP contribution in [0.3, 0.4) is 0 Å². The van der Waals surface area contributed by atoms with Crippen molar-refractivity contribution in [3.63, 3.8) is 0 Å². The Labute approximate surface area is 165 Å². The van der Waals surface area contributed by atoms with Gasteiger partial charge in [-0.15, -0.1) is 0 Å². The molecule has 0 radical (unpaired) electrons. The lowest BCUT2D eigenvalue weighted by atomic mass is 9.95. The third-order valence-electron chi connectivity index (χ3n) is 5.38. The smallest absolute Gasteiger partial charge is 0.321 e. The molecule has 1 atom stereocenters. The normalized spacial score (nSPS) is 22.4. The van der Waals surface area contributed by atoms with E-state index < -0.39 is 5.54 Å². The highest BCUT2D eigenvalue weighted by Gasteiger charge is 2.46. The van der Waals surface area contributed by atoms with E-state index in [1.165, 1.54) is 0 Å². The van der Waals surface area contributed by atoms with E-state index in [4.69, 9.17) is 14.2 Å². The first-order valence-electron chi connectivity index (χ1n) is 9.65. The second-order valence-electron chi connectivity index (χ2n) is 7.25. The van der Waals surface area contributed by atoms with Crippen molar-refractivity contribution in [1.29, 1.82) is 0 Å². The van der Waals surface area contributed by atoms with Crippen LogP contribution in [0.5, 0.6) is 5.75 Å². The highest BCUT2D eigenvalue weighted by molar-refractivity contribution is 5.90. The molecule has 3 rings (SSSR count). The molecule has 2 aliphatic heterocycles. The molecule has 1 aromatic carbocycles. The molecule has 2 aliphatic rings. The van der Waals surface area contributed by atoms with Gasteiger partial charge in [0.25, 0.3) is 0 Å². The van der Waals surface area contributed by atoms with Crippen molar-refractivity contribution in [2.24, 2.45) is 0 Å². The summed E-state index contributed by atoms with van der Waals surface area (Å²) in [5.74, 6) is 0.743. The van der Waals surface area contributed by atoms with Crippen LogP contribution in [0, 0.1) is 0 Å². The van der Waals surface area contributed by atoms with Crippen molar-refractivity contribution in [2.75, 3.05) is 59.0 Å². The fraction of sp³-hybridized carbons (Fsp3) is 0.600. The molecule has 0 aromatic heterocycles. The molecular weight excluding hydrogens is 362 g/mol. The summed E-state index contributed by atoms with van der Waals surface area (Å²) in [6, 6.07) is 7.01. The Morgan fingerprint density at radius 3 is 2.93 bits per heavy atom. The van der Waals surface area contributed by atoms with Crippen LogP contribution in [0.4, 0.5) is 10.5 Å². The summed E-state index contributed by atoms with van der Waals surface area (Å²) < 4.78 is 16.0. The number of ether oxygens (including phenoxy) is 3. The number of hydrogen-bond donors (Lipinski definition) is 1. The summed E-state index contributed by atoms with van der Waals surface area (Å²) in [6.45, 7) is 3.11. The van der Waals surface area contributed by atoms with Crippen LogP contribution < -0.4 is 10.1 Å². The maximum absolute atomic E-state index is 12.9. The van der Waals surface area contributed by atoms with Gasteiger partial charge < -0.3 is 29.3 Å².